The smallest absolute Gasteiger partial charge is 0.172 e. The predicted octanol–water partition coefficient (Wildman–Crippen LogP) is 2.17. The second-order valence-electron chi connectivity index (χ2n) is 4.68. The van der Waals surface area contributed by atoms with Gasteiger partial charge in [-0.25, -0.2) is 0 Å². The van der Waals surface area contributed by atoms with Gasteiger partial charge in [0.25, 0.3) is 0 Å². The molecular formula is C13H20O3. The molecule has 1 fully saturated rings. The van der Waals surface area contributed by atoms with Crippen molar-refractivity contribution in [1.29, 1.82) is 0 Å². The number of rotatable bonds is 3. The van der Waals surface area contributed by atoms with E-state index in [1.165, 1.54) is 11.1 Å². The first-order valence-corrected chi connectivity index (χ1v) is 5.91. The van der Waals surface area contributed by atoms with Crippen molar-refractivity contribution in [1.82, 2.24) is 0 Å². The van der Waals surface area contributed by atoms with Gasteiger partial charge in [-0.2, -0.15) is 0 Å². The molecule has 1 aliphatic carbocycles. The van der Waals surface area contributed by atoms with E-state index in [1.54, 1.807) is 6.08 Å². The lowest BCUT2D eigenvalue weighted by molar-refractivity contribution is -0.163. The summed E-state index contributed by atoms with van der Waals surface area (Å²) < 4.78 is 11.4. The highest BCUT2D eigenvalue weighted by Crippen LogP contribution is 2.39. The summed E-state index contributed by atoms with van der Waals surface area (Å²) in [6.45, 7) is 7.12. The summed E-state index contributed by atoms with van der Waals surface area (Å²) in [6.07, 6.45) is 4.56. The van der Waals surface area contributed by atoms with Gasteiger partial charge in [-0.1, -0.05) is 17.2 Å². The number of aliphatic hydroxyl groups is 1. The maximum atomic E-state index is 9.57. The van der Waals surface area contributed by atoms with Crippen molar-refractivity contribution in [2.45, 2.75) is 44.5 Å². The molecule has 1 N–H and O–H groups in total. The first-order valence-electron chi connectivity index (χ1n) is 5.91. The quantitative estimate of drug-likeness (QED) is 0.747. The molecule has 1 heterocycles. The van der Waals surface area contributed by atoms with E-state index < -0.39 is 6.10 Å². The molecule has 2 aliphatic rings. The van der Waals surface area contributed by atoms with Crippen LogP contribution in [0.2, 0.25) is 0 Å². The van der Waals surface area contributed by atoms with Crippen molar-refractivity contribution >= 4 is 0 Å². The van der Waals surface area contributed by atoms with E-state index in [9.17, 15) is 5.11 Å². The molecule has 1 spiro atoms. The van der Waals surface area contributed by atoms with Crippen LogP contribution >= 0.6 is 0 Å². The molecule has 1 atom stereocenters. The Morgan fingerprint density at radius 1 is 1.50 bits per heavy atom. The van der Waals surface area contributed by atoms with Crippen molar-refractivity contribution in [3.05, 3.63) is 23.8 Å². The van der Waals surface area contributed by atoms with Crippen LogP contribution in [0.25, 0.3) is 0 Å². The minimum absolute atomic E-state index is 0.354. The van der Waals surface area contributed by atoms with Crippen LogP contribution in [0.4, 0.5) is 0 Å². The van der Waals surface area contributed by atoms with Gasteiger partial charge in [-0.3, -0.25) is 0 Å². The van der Waals surface area contributed by atoms with Crippen molar-refractivity contribution in [2.75, 3.05) is 13.2 Å². The van der Waals surface area contributed by atoms with Crippen LogP contribution in [-0.4, -0.2) is 30.2 Å². The molecule has 1 saturated heterocycles. The second kappa shape index (κ2) is 4.70. The van der Waals surface area contributed by atoms with E-state index in [4.69, 9.17) is 9.47 Å². The number of aliphatic hydroxyl groups excluding tert-OH is 1. The van der Waals surface area contributed by atoms with Crippen LogP contribution in [0.15, 0.2) is 23.8 Å². The summed E-state index contributed by atoms with van der Waals surface area (Å²) in [5, 5.41) is 9.57. The highest BCUT2D eigenvalue weighted by atomic mass is 16.7. The van der Waals surface area contributed by atoms with Gasteiger partial charge in [-0.05, 0) is 19.8 Å². The normalized spacial score (nSPS) is 26.1. The molecule has 0 aromatic heterocycles. The zero-order valence-electron chi connectivity index (χ0n) is 9.87. The SMILES string of the molecule is C=C[C@@H](O)CC1=C(C)CC2(CC1)OCCO2. The Bertz CT molecular complexity index is 300. The average molecular weight is 224 g/mol. The predicted molar refractivity (Wildman–Crippen MR) is 62.0 cm³/mol. The summed E-state index contributed by atoms with van der Waals surface area (Å²) in [5.41, 5.74) is 2.63. The van der Waals surface area contributed by atoms with Crippen LogP contribution in [-0.2, 0) is 9.47 Å². The second-order valence-corrected chi connectivity index (χ2v) is 4.68. The molecule has 90 valence electrons. The zero-order chi connectivity index (χ0) is 11.6. The fourth-order valence-electron chi connectivity index (χ4n) is 2.53. The number of hydrogen-bond donors (Lipinski definition) is 1. The zero-order valence-corrected chi connectivity index (χ0v) is 9.87. The van der Waals surface area contributed by atoms with Crippen LogP contribution < -0.4 is 0 Å². The number of hydrogen-bond acceptors (Lipinski definition) is 3. The molecule has 0 aromatic carbocycles. The average Bonchev–Trinajstić information content (AvgIpc) is 2.71. The lowest BCUT2D eigenvalue weighted by Gasteiger charge is -2.33. The Labute approximate surface area is 96.7 Å². The molecule has 0 bridgehead atoms. The van der Waals surface area contributed by atoms with Crippen molar-refractivity contribution in [3.8, 4) is 0 Å². The first kappa shape index (κ1) is 11.8. The van der Waals surface area contributed by atoms with Gasteiger partial charge < -0.3 is 14.6 Å². The molecule has 3 nitrogen and oxygen atoms in total. The van der Waals surface area contributed by atoms with Gasteiger partial charge in [-0.15, -0.1) is 6.58 Å². The summed E-state index contributed by atoms with van der Waals surface area (Å²) in [6, 6.07) is 0. The minimum atomic E-state index is -0.426. The Morgan fingerprint density at radius 3 is 2.75 bits per heavy atom. The fraction of sp³-hybridized carbons (Fsp3) is 0.692. The van der Waals surface area contributed by atoms with Crippen LogP contribution in [0.5, 0.6) is 0 Å². The van der Waals surface area contributed by atoms with Gasteiger partial charge in [0.15, 0.2) is 5.79 Å². The van der Waals surface area contributed by atoms with Crippen LogP contribution in [0, 0.1) is 0 Å². The lowest BCUT2D eigenvalue weighted by Crippen LogP contribution is -2.33. The molecule has 3 heteroatoms. The fourth-order valence-corrected chi connectivity index (χ4v) is 2.53. The maximum Gasteiger partial charge on any atom is 0.172 e. The van der Waals surface area contributed by atoms with Crippen molar-refractivity contribution in [2.24, 2.45) is 0 Å². The highest BCUT2D eigenvalue weighted by molar-refractivity contribution is 5.20. The van der Waals surface area contributed by atoms with E-state index in [0.29, 0.717) is 19.6 Å². The van der Waals surface area contributed by atoms with Crippen molar-refractivity contribution < 1.29 is 14.6 Å². The summed E-state index contributed by atoms with van der Waals surface area (Å²) in [7, 11) is 0. The van der Waals surface area contributed by atoms with E-state index in [1.807, 2.05) is 0 Å². The van der Waals surface area contributed by atoms with E-state index in [-0.39, 0.29) is 5.79 Å². The van der Waals surface area contributed by atoms with E-state index >= 15 is 0 Å². The monoisotopic (exact) mass is 224 g/mol. The molecule has 0 radical (unpaired) electrons. The third-order valence-electron chi connectivity index (χ3n) is 3.49. The van der Waals surface area contributed by atoms with Gasteiger partial charge in [0, 0.05) is 12.8 Å². The molecule has 0 unspecified atom stereocenters. The van der Waals surface area contributed by atoms with Gasteiger partial charge >= 0.3 is 0 Å². The third kappa shape index (κ3) is 2.37. The molecule has 0 aromatic rings. The molecule has 16 heavy (non-hydrogen) atoms. The Balaban J connectivity index is 2.03. The molecule has 1 aliphatic heterocycles. The van der Waals surface area contributed by atoms with Crippen molar-refractivity contribution in [3.63, 3.8) is 0 Å². The third-order valence-corrected chi connectivity index (χ3v) is 3.49. The lowest BCUT2D eigenvalue weighted by atomic mass is 9.85. The van der Waals surface area contributed by atoms with E-state index in [0.717, 1.165) is 19.3 Å². The largest absolute Gasteiger partial charge is 0.389 e. The summed E-state index contributed by atoms with van der Waals surface area (Å²) >= 11 is 0. The topological polar surface area (TPSA) is 38.7 Å². The number of ether oxygens (including phenoxy) is 2. The Morgan fingerprint density at radius 2 is 2.19 bits per heavy atom. The minimum Gasteiger partial charge on any atom is -0.389 e. The first-order chi connectivity index (χ1) is 7.65. The maximum absolute atomic E-state index is 9.57. The van der Waals surface area contributed by atoms with Crippen LogP contribution in [0.3, 0.4) is 0 Å². The standard InChI is InChI=1S/C13H20O3/c1-3-12(14)8-11-4-5-13(9-10(11)2)15-6-7-16-13/h3,12,14H,1,4-9H2,2H3/t12-/m1/s1. The Hall–Kier alpha value is -0.640. The molecular weight excluding hydrogens is 204 g/mol. The molecule has 0 saturated carbocycles. The van der Waals surface area contributed by atoms with Gasteiger partial charge in [0.2, 0.25) is 0 Å². The van der Waals surface area contributed by atoms with Crippen LogP contribution in [0.1, 0.15) is 32.6 Å². The van der Waals surface area contributed by atoms with Gasteiger partial charge in [0.05, 0.1) is 19.3 Å². The Kier molecular flexibility index (Phi) is 3.47. The summed E-state index contributed by atoms with van der Waals surface area (Å²) in [5.74, 6) is -0.354. The highest BCUT2D eigenvalue weighted by Gasteiger charge is 2.39. The molecule has 2 rings (SSSR count). The van der Waals surface area contributed by atoms with Gasteiger partial charge in [0.1, 0.15) is 0 Å². The summed E-state index contributed by atoms with van der Waals surface area (Å²) in [4.78, 5) is 0. The molecule has 0 amide bonds. The van der Waals surface area contributed by atoms with E-state index in [2.05, 4.69) is 13.5 Å².